The molecule has 0 bridgehead atoms. The zero-order valence-corrected chi connectivity index (χ0v) is 12.9. The van der Waals surface area contributed by atoms with Crippen LogP contribution in [0.25, 0.3) is 0 Å². The van der Waals surface area contributed by atoms with Gasteiger partial charge in [-0.15, -0.1) is 11.3 Å². The second-order valence-electron chi connectivity index (χ2n) is 6.08. The molecule has 1 aliphatic carbocycles. The van der Waals surface area contributed by atoms with Crippen molar-refractivity contribution in [3.05, 3.63) is 11.1 Å². The Hall–Kier alpha value is -0.940. The van der Waals surface area contributed by atoms with Crippen LogP contribution in [0.3, 0.4) is 0 Å². The van der Waals surface area contributed by atoms with E-state index >= 15 is 0 Å². The summed E-state index contributed by atoms with van der Waals surface area (Å²) in [5.41, 5.74) is -0.0741. The van der Waals surface area contributed by atoms with Gasteiger partial charge in [-0.2, -0.15) is 0 Å². The fourth-order valence-electron chi connectivity index (χ4n) is 3.09. The zero-order chi connectivity index (χ0) is 14.0. The van der Waals surface area contributed by atoms with Crippen molar-refractivity contribution in [2.45, 2.75) is 51.4 Å². The molecule has 1 amide bonds. The van der Waals surface area contributed by atoms with Gasteiger partial charge < -0.3 is 10.6 Å². The Bertz CT molecular complexity index is 475. The number of thiazole rings is 1. The highest BCUT2D eigenvalue weighted by Gasteiger charge is 2.48. The molecule has 1 aliphatic heterocycles. The molecule has 1 saturated heterocycles. The molecule has 2 N–H and O–H groups in total. The topological polar surface area (TPSA) is 54.0 Å². The van der Waals surface area contributed by atoms with E-state index in [1.54, 1.807) is 11.3 Å². The van der Waals surface area contributed by atoms with E-state index < -0.39 is 0 Å². The minimum absolute atomic E-state index is 0.0741. The molecule has 0 radical (unpaired) electrons. The van der Waals surface area contributed by atoms with E-state index in [4.69, 9.17) is 0 Å². The van der Waals surface area contributed by atoms with Crippen LogP contribution in [0.4, 0.5) is 5.13 Å². The summed E-state index contributed by atoms with van der Waals surface area (Å²) < 4.78 is 0. The molecule has 4 nitrogen and oxygen atoms in total. The van der Waals surface area contributed by atoms with Crippen LogP contribution in [0.5, 0.6) is 0 Å². The summed E-state index contributed by atoms with van der Waals surface area (Å²) in [6.07, 6.45) is 8.47. The van der Waals surface area contributed by atoms with Gasteiger partial charge in [-0.1, -0.05) is 13.3 Å². The summed E-state index contributed by atoms with van der Waals surface area (Å²) in [6, 6.07) is 0. The lowest BCUT2D eigenvalue weighted by Crippen LogP contribution is -2.26. The number of nitrogens with one attached hydrogen (secondary N) is 2. The number of carbonyl (C=O) groups excluding carboxylic acids is 1. The van der Waals surface area contributed by atoms with Gasteiger partial charge in [0, 0.05) is 16.5 Å². The van der Waals surface area contributed by atoms with Crippen molar-refractivity contribution >= 4 is 22.4 Å². The van der Waals surface area contributed by atoms with E-state index in [-0.39, 0.29) is 11.3 Å². The quantitative estimate of drug-likeness (QED) is 0.877. The maximum Gasteiger partial charge on any atom is 0.232 e. The maximum absolute atomic E-state index is 12.3. The van der Waals surface area contributed by atoms with Gasteiger partial charge in [0.25, 0.3) is 0 Å². The first-order chi connectivity index (χ1) is 9.73. The molecule has 1 aromatic heterocycles. The Balaban J connectivity index is 1.61. The highest BCUT2D eigenvalue weighted by molar-refractivity contribution is 7.15. The van der Waals surface area contributed by atoms with E-state index in [9.17, 15) is 4.79 Å². The average Bonchev–Trinajstić information content (AvgIpc) is 3.11. The molecule has 0 spiro atoms. The van der Waals surface area contributed by atoms with Crippen molar-refractivity contribution in [3.8, 4) is 0 Å². The molecule has 2 heterocycles. The lowest BCUT2D eigenvalue weighted by molar-refractivity contribution is -0.121. The van der Waals surface area contributed by atoms with Crippen LogP contribution < -0.4 is 10.6 Å². The standard InChI is InChI=1S/C15H23N3OS/c1-2-5-15(6-7-15)13(19)18-14-17-10-12(20-14)11-3-8-16-9-4-11/h10-11,16H,2-9H2,1H3,(H,17,18,19). The normalized spacial score (nSPS) is 21.6. The molecule has 1 saturated carbocycles. The van der Waals surface area contributed by atoms with Gasteiger partial charge in [-0.3, -0.25) is 4.79 Å². The minimum Gasteiger partial charge on any atom is -0.317 e. The van der Waals surface area contributed by atoms with E-state index in [1.165, 1.54) is 17.7 Å². The van der Waals surface area contributed by atoms with Crippen molar-refractivity contribution in [2.75, 3.05) is 18.4 Å². The van der Waals surface area contributed by atoms with Crippen LogP contribution in [0.15, 0.2) is 6.20 Å². The van der Waals surface area contributed by atoms with Gasteiger partial charge in [0.2, 0.25) is 5.91 Å². The van der Waals surface area contributed by atoms with E-state index in [0.717, 1.165) is 43.9 Å². The SMILES string of the molecule is CCCC1(C(=O)Nc2ncc(C3CCNCC3)s2)CC1. The Kier molecular flexibility index (Phi) is 4.08. The summed E-state index contributed by atoms with van der Waals surface area (Å²) >= 11 is 1.66. The molecule has 110 valence electrons. The number of carbonyl (C=O) groups is 1. The molecule has 20 heavy (non-hydrogen) atoms. The molecule has 1 aromatic rings. The van der Waals surface area contributed by atoms with Crippen LogP contribution >= 0.6 is 11.3 Å². The number of hydrogen-bond acceptors (Lipinski definition) is 4. The van der Waals surface area contributed by atoms with Crippen LogP contribution in [-0.2, 0) is 4.79 Å². The third-order valence-corrected chi connectivity index (χ3v) is 5.62. The van der Waals surface area contributed by atoms with E-state index in [0.29, 0.717) is 5.92 Å². The third-order valence-electron chi connectivity index (χ3n) is 4.55. The van der Waals surface area contributed by atoms with Crippen molar-refractivity contribution in [3.63, 3.8) is 0 Å². The fraction of sp³-hybridized carbons (Fsp3) is 0.733. The summed E-state index contributed by atoms with van der Waals surface area (Å²) in [6.45, 7) is 4.32. The van der Waals surface area contributed by atoms with Gasteiger partial charge in [-0.05, 0) is 51.1 Å². The Labute approximate surface area is 124 Å². The largest absolute Gasteiger partial charge is 0.317 e. The Morgan fingerprint density at radius 2 is 2.25 bits per heavy atom. The van der Waals surface area contributed by atoms with Crippen LogP contribution in [0.2, 0.25) is 0 Å². The summed E-state index contributed by atoms with van der Waals surface area (Å²) in [5, 5.41) is 7.21. The lowest BCUT2D eigenvalue weighted by atomic mass is 9.97. The van der Waals surface area contributed by atoms with Crippen molar-refractivity contribution < 1.29 is 4.79 Å². The highest BCUT2D eigenvalue weighted by atomic mass is 32.1. The summed E-state index contributed by atoms with van der Waals surface area (Å²) in [4.78, 5) is 18.0. The van der Waals surface area contributed by atoms with Crippen LogP contribution in [-0.4, -0.2) is 24.0 Å². The summed E-state index contributed by atoms with van der Waals surface area (Å²) in [5.74, 6) is 0.801. The smallest absolute Gasteiger partial charge is 0.232 e. The molecule has 0 unspecified atom stereocenters. The Morgan fingerprint density at radius 3 is 2.90 bits per heavy atom. The van der Waals surface area contributed by atoms with Gasteiger partial charge >= 0.3 is 0 Å². The lowest BCUT2D eigenvalue weighted by Gasteiger charge is -2.20. The molecule has 0 aromatic carbocycles. The minimum atomic E-state index is -0.0741. The van der Waals surface area contributed by atoms with Crippen molar-refractivity contribution in [1.29, 1.82) is 0 Å². The maximum atomic E-state index is 12.3. The van der Waals surface area contributed by atoms with Crippen LogP contribution in [0.1, 0.15) is 56.2 Å². The van der Waals surface area contributed by atoms with Crippen molar-refractivity contribution in [1.82, 2.24) is 10.3 Å². The van der Waals surface area contributed by atoms with Gasteiger partial charge in [0.05, 0.1) is 0 Å². The molecule has 3 rings (SSSR count). The van der Waals surface area contributed by atoms with E-state index in [2.05, 4.69) is 22.5 Å². The molecular weight excluding hydrogens is 270 g/mol. The molecular formula is C15H23N3OS. The van der Waals surface area contributed by atoms with E-state index in [1.807, 2.05) is 6.20 Å². The number of amides is 1. The number of hydrogen-bond donors (Lipinski definition) is 2. The number of piperidine rings is 1. The molecule has 5 heteroatoms. The van der Waals surface area contributed by atoms with Gasteiger partial charge in [0.15, 0.2) is 5.13 Å². The first-order valence-corrected chi connectivity index (χ1v) is 8.53. The number of aromatic nitrogens is 1. The van der Waals surface area contributed by atoms with Crippen LogP contribution in [0, 0.1) is 5.41 Å². The number of anilines is 1. The fourth-order valence-corrected chi connectivity index (χ4v) is 4.07. The zero-order valence-electron chi connectivity index (χ0n) is 12.1. The highest BCUT2D eigenvalue weighted by Crippen LogP contribution is 2.50. The predicted molar refractivity (Wildman–Crippen MR) is 82.2 cm³/mol. The predicted octanol–water partition coefficient (Wildman–Crippen LogP) is 3.13. The van der Waals surface area contributed by atoms with Gasteiger partial charge in [0.1, 0.15) is 0 Å². The monoisotopic (exact) mass is 293 g/mol. The second-order valence-corrected chi connectivity index (χ2v) is 7.14. The Morgan fingerprint density at radius 1 is 1.50 bits per heavy atom. The molecule has 2 fully saturated rings. The van der Waals surface area contributed by atoms with Crippen molar-refractivity contribution in [2.24, 2.45) is 5.41 Å². The first-order valence-electron chi connectivity index (χ1n) is 7.71. The first kappa shape index (κ1) is 14.0. The third kappa shape index (κ3) is 2.88. The second kappa shape index (κ2) is 5.82. The number of nitrogens with zero attached hydrogens (tertiary/aromatic N) is 1. The molecule has 2 aliphatic rings. The van der Waals surface area contributed by atoms with Gasteiger partial charge in [-0.25, -0.2) is 4.98 Å². The summed E-state index contributed by atoms with van der Waals surface area (Å²) in [7, 11) is 0. The average molecular weight is 293 g/mol. The molecule has 0 atom stereocenters. The number of rotatable bonds is 5.